The van der Waals surface area contributed by atoms with Crippen LogP contribution in [0.25, 0.3) is 0 Å². The van der Waals surface area contributed by atoms with Gasteiger partial charge in [-0.2, -0.15) is 4.31 Å². The summed E-state index contributed by atoms with van der Waals surface area (Å²) in [4.78, 5) is 15.2. The van der Waals surface area contributed by atoms with Gasteiger partial charge >= 0.3 is 0 Å². The van der Waals surface area contributed by atoms with Crippen LogP contribution in [-0.4, -0.2) is 58.0 Å². The first-order valence-corrected chi connectivity index (χ1v) is 12.2. The summed E-state index contributed by atoms with van der Waals surface area (Å²) in [7, 11) is -3.65. The third-order valence-electron chi connectivity index (χ3n) is 5.38. The molecule has 0 aliphatic carbocycles. The number of ether oxygens (including phenoxy) is 1. The number of nitrogens with one attached hydrogen (secondary N) is 1. The molecule has 2 saturated heterocycles. The average molecular weight is 494 g/mol. The molecule has 30 heavy (non-hydrogen) atoms. The van der Waals surface area contributed by atoms with Crippen molar-refractivity contribution < 1.29 is 17.9 Å². The second-order valence-electron chi connectivity index (χ2n) is 7.35. The molecule has 1 amide bonds. The number of morpholine rings is 1. The Morgan fingerprint density at radius 2 is 1.63 bits per heavy atom. The first kappa shape index (κ1) is 21.3. The van der Waals surface area contributed by atoms with E-state index >= 15 is 0 Å². The van der Waals surface area contributed by atoms with E-state index in [4.69, 9.17) is 4.74 Å². The van der Waals surface area contributed by atoms with Gasteiger partial charge in [0.05, 0.1) is 29.5 Å². The molecule has 7 nitrogen and oxygen atoms in total. The maximum Gasteiger partial charge on any atom is 0.255 e. The summed E-state index contributed by atoms with van der Waals surface area (Å²) < 4.78 is 33.8. The fraction of sp³-hybridized carbons (Fsp3) is 0.381. The van der Waals surface area contributed by atoms with Crippen LogP contribution in [0.15, 0.2) is 51.8 Å². The predicted octanol–water partition coefficient (Wildman–Crippen LogP) is 3.32. The number of anilines is 2. The lowest BCUT2D eigenvalue weighted by atomic mass is 10.2. The molecule has 0 radical (unpaired) electrons. The molecule has 2 aliphatic rings. The van der Waals surface area contributed by atoms with E-state index in [9.17, 15) is 13.2 Å². The quantitative estimate of drug-likeness (QED) is 0.690. The molecule has 1 N–H and O–H groups in total. The SMILES string of the molecule is O=C(Nc1cc(S(=O)(=O)N2CCOCC2)ccc1N1CCCC1)c1ccc(Br)cc1. The van der Waals surface area contributed by atoms with Gasteiger partial charge in [-0.25, -0.2) is 8.42 Å². The Morgan fingerprint density at radius 1 is 0.967 bits per heavy atom. The number of nitrogens with zero attached hydrogens (tertiary/aromatic N) is 2. The Labute approximate surface area is 185 Å². The van der Waals surface area contributed by atoms with Crippen molar-refractivity contribution in [3.8, 4) is 0 Å². The number of rotatable bonds is 5. The Bertz CT molecular complexity index is 1020. The summed E-state index contributed by atoms with van der Waals surface area (Å²) in [5.41, 5.74) is 1.87. The molecule has 9 heteroatoms. The standard InChI is InChI=1S/C21H24BrN3O4S/c22-17-5-3-16(4-6-17)21(26)23-19-15-18(7-8-20(19)24-9-1-2-10-24)30(27,28)25-11-13-29-14-12-25/h3-8,15H,1-2,9-14H2,(H,23,26). The third kappa shape index (κ3) is 4.54. The minimum atomic E-state index is -3.65. The van der Waals surface area contributed by atoms with Crippen molar-refractivity contribution in [1.82, 2.24) is 4.31 Å². The lowest BCUT2D eigenvalue weighted by Gasteiger charge is -2.27. The van der Waals surface area contributed by atoms with Gasteiger partial charge in [-0.1, -0.05) is 15.9 Å². The molecular formula is C21H24BrN3O4S. The summed E-state index contributed by atoms with van der Waals surface area (Å²) in [5, 5.41) is 2.94. The minimum Gasteiger partial charge on any atom is -0.379 e. The number of carbonyl (C=O) groups excluding carboxylic acids is 1. The van der Waals surface area contributed by atoms with Gasteiger partial charge in [0, 0.05) is 36.2 Å². The Morgan fingerprint density at radius 3 is 2.30 bits per heavy atom. The van der Waals surface area contributed by atoms with Gasteiger partial charge in [-0.15, -0.1) is 0 Å². The number of halogens is 1. The first-order valence-electron chi connectivity index (χ1n) is 9.99. The maximum atomic E-state index is 13.1. The van der Waals surface area contributed by atoms with Gasteiger partial charge in [-0.05, 0) is 55.3 Å². The van der Waals surface area contributed by atoms with Gasteiger partial charge in [-0.3, -0.25) is 4.79 Å². The number of sulfonamides is 1. The molecule has 4 rings (SSSR count). The van der Waals surface area contributed by atoms with E-state index in [0.29, 0.717) is 37.6 Å². The summed E-state index contributed by atoms with van der Waals surface area (Å²) >= 11 is 3.37. The van der Waals surface area contributed by atoms with Crippen molar-refractivity contribution in [1.29, 1.82) is 0 Å². The highest BCUT2D eigenvalue weighted by Gasteiger charge is 2.28. The van der Waals surface area contributed by atoms with Crippen molar-refractivity contribution >= 4 is 43.2 Å². The number of amides is 1. The monoisotopic (exact) mass is 493 g/mol. The Kier molecular flexibility index (Phi) is 6.43. The Balaban J connectivity index is 1.67. The van der Waals surface area contributed by atoms with Crippen LogP contribution in [0, 0.1) is 0 Å². The zero-order valence-electron chi connectivity index (χ0n) is 16.5. The molecular weight excluding hydrogens is 470 g/mol. The van der Waals surface area contributed by atoms with Crippen LogP contribution in [0.4, 0.5) is 11.4 Å². The van der Waals surface area contributed by atoms with Gasteiger partial charge in [0.25, 0.3) is 5.91 Å². The number of hydrogen-bond donors (Lipinski definition) is 1. The summed E-state index contributed by atoms with van der Waals surface area (Å²) in [6, 6.07) is 12.1. The first-order chi connectivity index (χ1) is 14.4. The van der Waals surface area contributed by atoms with Gasteiger partial charge in [0.2, 0.25) is 10.0 Å². The van der Waals surface area contributed by atoms with Crippen molar-refractivity contribution in [2.45, 2.75) is 17.7 Å². The third-order valence-corrected chi connectivity index (χ3v) is 7.80. The topological polar surface area (TPSA) is 79.0 Å². The van der Waals surface area contributed by atoms with Crippen LogP contribution in [-0.2, 0) is 14.8 Å². The molecule has 0 spiro atoms. The lowest BCUT2D eigenvalue weighted by Crippen LogP contribution is -2.40. The second kappa shape index (κ2) is 9.05. The van der Waals surface area contributed by atoms with E-state index < -0.39 is 10.0 Å². The van der Waals surface area contributed by atoms with E-state index in [2.05, 4.69) is 26.1 Å². The van der Waals surface area contributed by atoms with Gasteiger partial charge in [0.15, 0.2) is 0 Å². The average Bonchev–Trinajstić information content (AvgIpc) is 3.29. The fourth-order valence-electron chi connectivity index (χ4n) is 3.74. The van der Waals surface area contributed by atoms with Crippen molar-refractivity contribution in [3.05, 3.63) is 52.5 Å². The lowest BCUT2D eigenvalue weighted by molar-refractivity contribution is 0.0730. The van der Waals surface area contributed by atoms with Crippen LogP contribution < -0.4 is 10.2 Å². The van der Waals surface area contributed by atoms with E-state index in [-0.39, 0.29) is 10.8 Å². The fourth-order valence-corrected chi connectivity index (χ4v) is 5.44. The highest BCUT2D eigenvalue weighted by atomic mass is 79.9. The number of carbonyl (C=O) groups is 1. The van der Waals surface area contributed by atoms with Crippen LogP contribution in [0.2, 0.25) is 0 Å². The van der Waals surface area contributed by atoms with Crippen LogP contribution in [0.1, 0.15) is 23.2 Å². The zero-order valence-corrected chi connectivity index (χ0v) is 18.9. The maximum absolute atomic E-state index is 13.1. The molecule has 0 saturated carbocycles. The van der Waals surface area contributed by atoms with Crippen LogP contribution in [0.5, 0.6) is 0 Å². The molecule has 0 bridgehead atoms. The van der Waals surface area contributed by atoms with Crippen molar-refractivity contribution in [2.75, 3.05) is 49.6 Å². The molecule has 2 aromatic carbocycles. The molecule has 0 unspecified atom stereocenters. The molecule has 0 atom stereocenters. The van der Waals surface area contributed by atoms with Crippen molar-refractivity contribution in [3.63, 3.8) is 0 Å². The molecule has 2 heterocycles. The van der Waals surface area contributed by atoms with Gasteiger partial charge < -0.3 is 15.0 Å². The predicted molar refractivity (Wildman–Crippen MR) is 120 cm³/mol. The second-order valence-corrected chi connectivity index (χ2v) is 10.2. The molecule has 160 valence electrons. The molecule has 2 fully saturated rings. The van der Waals surface area contributed by atoms with Crippen LogP contribution >= 0.6 is 15.9 Å². The highest BCUT2D eigenvalue weighted by molar-refractivity contribution is 9.10. The van der Waals surface area contributed by atoms with Gasteiger partial charge in [0.1, 0.15) is 0 Å². The summed E-state index contributed by atoms with van der Waals surface area (Å²) in [5.74, 6) is -0.274. The van der Waals surface area contributed by atoms with E-state index in [1.54, 1.807) is 42.5 Å². The highest BCUT2D eigenvalue weighted by Crippen LogP contribution is 2.33. The normalized spacial score (nSPS) is 17.8. The molecule has 2 aliphatic heterocycles. The van der Waals surface area contributed by atoms with Crippen molar-refractivity contribution in [2.24, 2.45) is 0 Å². The molecule has 2 aromatic rings. The smallest absolute Gasteiger partial charge is 0.255 e. The summed E-state index contributed by atoms with van der Waals surface area (Å²) in [6.07, 6.45) is 2.15. The molecule has 0 aromatic heterocycles. The minimum absolute atomic E-state index is 0.179. The summed E-state index contributed by atoms with van der Waals surface area (Å²) in [6.45, 7) is 3.21. The number of benzene rings is 2. The number of hydrogen-bond acceptors (Lipinski definition) is 5. The zero-order chi connectivity index (χ0) is 21.1. The Hall–Kier alpha value is -1.94. The van der Waals surface area contributed by atoms with Crippen LogP contribution in [0.3, 0.4) is 0 Å². The van der Waals surface area contributed by atoms with E-state index in [1.165, 1.54) is 4.31 Å². The van der Waals surface area contributed by atoms with E-state index in [1.807, 2.05) is 0 Å². The largest absolute Gasteiger partial charge is 0.379 e. The van der Waals surface area contributed by atoms with E-state index in [0.717, 1.165) is 36.1 Å².